The lowest BCUT2D eigenvalue weighted by atomic mass is 9.94. The molecule has 0 N–H and O–H groups in total. The van der Waals surface area contributed by atoms with Crippen LogP contribution in [0.4, 0.5) is 4.39 Å². The lowest BCUT2D eigenvalue weighted by molar-refractivity contribution is -0.0379. The molecule has 0 amide bonds. The van der Waals surface area contributed by atoms with E-state index in [0.717, 1.165) is 38.2 Å². The van der Waals surface area contributed by atoms with Crippen molar-refractivity contribution < 1.29 is 9.13 Å². The van der Waals surface area contributed by atoms with Gasteiger partial charge in [0.1, 0.15) is 10.6 Å². The van der Waals surface area contributed by atoms with Crippen LogP contribution in [0.15, 0.2) is 34.6 Å². The summed E-state index contributed by atoms with van der Waals surface area (Å²) in [5, 5.41) is 11.7. The zero-order chi connectivity index (χ0) is 20.2. The number of nitrogens with zero attached hydrogens (tertiary/aromatic N) is 4. The van der Waals surface area contributed by atoms with Crippen LogP contribution >= 0.6 is 34.9 Å². The third kappa shape index (κ3) is 3.43. The number of ether oxygens (including phenoxy) is 1. The maximum Gasteiger partial charge on any atom is 0.198 e. The minimum Gasteiger partial charge on any atom is -0.370 e. The standard InChI is InChI=1S/C20H19FN4OS3/c1-20(2)8-13-14(9-26-20)29-17-15(13)16-23-24-19(25(16)18(22-17)27-3)28-10-11-5-4-6-12(21)7-11/h4-7H,8-10H2,1-3H3. The Morgan fingerprint density at radius 3 is 2.93 bits per heavy atom. The molecule has 9 heteroatoms. The van der Waals surface area contributed by atoms with Gasteiger partial charge >= 0.3 is 0 Å². The van der Waals surface area contributed by atoms with E-state index >= 15 is 0 Å². The van der Waals surface area contributed by atoms with Gasteiger partial charge in [-0.25, -0.2) is 13.8 Å². The Kier molecular flexibility index (Phi) is 4.81. The number of hydrogen-bond donors (Lipinski definition) is 0. The van der Waals surface area contributed by atoms with E-state index in [-0.39, 0.29) is 11.4 Å². The Morgan fingerprint density at radius 1 is 1.28 bits per heavy atom. The molecule has 3 aromatic heterocycles. The van der Waals surface area contributed by atoms with Crippen molar-refractivity contribution >= 4 is 50.7 Å². The Morgan fingerprint density at radius 2 is 2.14 bits per heavy atom. The number of hydrogen-bond acceptors (Lipinski definition) is 7. The van der Waals surface area contributed by atoms with Gasteiger partial charge in [-0.15, -0.1) is 21.5 Å². The van der Waals surface area contributed by atoms with Gasteiger partial charge < -0.3 is 4.74 Å². The molecule has 150 valence electrons. The highest BCUT2D eigenvalue weighted by Gasteiger charge is 2.31. The molecule has 0 spiro atoms. The van der Waals surface area contributed by atoms with E-state index in [9.17, 15) is 4.39 Å². The monoisotopic (exact) mass is 446 g/mol. The Labute approximate surface area is 180 Å². The fourth-order valence-electron chi connectivity index (χ4n) is 3.59. The summed E-state index contributed by atoms with van der Waals surface area (Å²) < 4.78 is 21.5. The number of thiophene rings is 1. The lowest BCUT2D eigenvalue weighted by Crippen LogP contribution is -2.31. The Hall–Kier alpha value is -1.68. The number of benzene rings is 1. The second kappa shape index (κ2) is 7.23. The minimum atomic E-state index is -0.225. The van der Waals surface area contributed by atoms with Crippen LogP contribution in [0.5, 0.6) is 0 Å². The molecule has 0 saturated heterocycles. The molecule has 1 aliphatic heterocycles. The van der Waals surface area contributed by atoms with Crippen molar-refractivity contribution in [3.63, 3.8) is 0 Å². The van der Waals surface area contributed by atoms with Crippen LogP contribution < -0.4 is 0 Å². The van der Waals surface area contributed by atoms with E-state index < -0.39 is 0 Å². The van der Waals surface area contributed by atoms with Gasteiger partial charge in [0.2, 0.25) is 0 Å². The van der Waals surface area contributed by atoms with Crippen molar-refractivity contribution in [1.29, 1.82) is 0 Å². The summed E-state index contributed by atoms with van der Waals surface area (Å²) in [6, 6.07) is 6.66. The van der Waals surface area contributed by atoms with E-state index in [2.05, 4.69) is 24.0 Å². The number of rotatable bonds is 4. The van der Waals surface area contributed by atoms with Crippen LogP contribution in [0.1, 0.15) is 29.9 Å². The summed E-state index contributed by atoms with van der Waals surface area (Å²) >= 11 is 4.81. The van der Waals surface area contributed by atoms with Gasteiger partial charge in [0.25, 0.3) is 0 Å². The molecule has 0 radical (unpaired) electrons. The highest BCUT2D eigenvalue weighted by molar-refractivity contribution is 7.99. The summed E-state index contributed by atoms with van der Waals surface area (Å²) in [5.41, 5.74) is 2.83. The third-order valence-corrected chi connectivity index (χ3v) is 7.69. The quantitative estimate of drug-likeness (QED) is 0.311. The molecule has 0 saturated carbocycles. The molecule has 5 nitrogen and oxygen atoms in total. The first-order valence-electron chi connectivity index (χ1n) is 9.20. The predicted molar refractivity (Wildman–Crippen MR) is 116 cm³/mol. The SMILES string of the molecule is CSc1nc2sc3c(c2c2nnc(SCc4cccc(F)c4)n12)CC(C)(C)OC3. The molecule has 0 unspecified atom stereocenters. The molecule has 0 atom stereocenters. The molecule has 0 bridgehead atoms. The number of aromatic nitrogens is 4. The summed E-state index contributed by atoms with van der Waals surface area (Å²) in [4.78, 5) is 7.13. The molecule has 0 fully saturated rings. The van der Waals surface area contributed by atoms with Crippen molar-refractivity contribution in [2.24, 2.45) is 0 Å². The van der Waals surface area contributed by atoms with E-state index in [1.54, 1.807) is 47.0 Å². The fourth-order valence-corrected chi connectivity index (χ4v) is 6.22. The largest absolute Gasteiger partial charge is 0.370 e. The van der Waals surface area contributed by atoms with E-state index in [1.165, 1.54) is 16.5 Å². The highest BCUT2D eigenvalue weighted by Crippen LogP contribution is 2.41. The summed E-state index contributed by atoms with van der Waals surface area (Å²) in [6.45, 7) is 4.84. The molecule has 29 heavy (non-hydrogen) atoms. The topological polar surface area (TPSA) is 52.3 Å². The molecular formula is C20H19FN4OS3. The van der Waals surface area contributed by atoms with Crippen LogP contribution in [0, 0.1) is 5.82 Å². The molecule has 1 aliphatic rings. The molecule has 1 aromatic carbocycles. The van der Waals surface area contributed by atoms with Crippen molar-refractivity contribution in [2.75, 3.05) is 6.26 Å². The molecule has 0 aliphatic carbocycles. The van der Waals surface area contributed by atoms with Crippen molar-refractivity contribution in [3.05, 3.63) is 46.1 Å². The second-order valence-corrected chi connectivity index (χ2v) is 10.4. The molecule has 4 heterocycles. The summed E-state index contributed by atoms with van der Waals surface area (Å²) in [6.07, 6.45) is 2.84. The summed E-state index contributed by atoms with van der Waals surface area (Å²) in [5.74, 6) is 0.393. The van der Waals surface area contributed by atoms with Gasteiger partial charge in [0, 0.05) is 17.1 Å². The normalized spacial score (nSPS) is 15.9. The van der Waals surface area contributed by atoms with Gasteiger partial charge in [0.05, 0.1) is 17.6 Å². The first-order valence-corrected chi connectivity index (χ1v) is 12.2. The van der Waals surface area contributed by atoms with Crippen molar-refractivity contribution in [1.82, 2.24) is 19.6 Å². The molecular weight excluding hydrogens is 427 g/mol. The highest BCUT2D eigenvalue weighted by atomic mass is 32.2. The Balaban J connectivity index is 1.62. The van der Waals surface area contributed by atoms with Crippen LogP contribution in [-0.2, 0) is 23.5 Å². The Bertz CT molecular complexity index is 1230. The predicted octanol–water partition coefficient (Wildman–Crippen LogP) is 5.34. The minimum absolute atomic E-state index is 0.203. The van der Waals surface area contributed by atoms with Crippen LogP contribution in [-0.4, -0.2) is 31.4 Å². The van der Waals surface area contributed by atoms with Crippen LogP contribution in [0.25, 0.3) is 15.9 Å². The lowest BCUT2D eigenvalue weighted by Gasteiger charge is -2.30. The van der Waals surface area contributed by atoms with Gasteiger partial charge in [-0.05, 0) is 43.4 Å². The molecule has 5 rings (SSSR count). The van der Waals surface area contributed by atoms with Gasteiger partial charge in [-0.3, -0.25) is 0 Å². The number of halogens is 1. The van der Waals surface area contributed by atoms with Gasteiger partial charge in [-0.2, -0.15) is 0 Å². The van der Waals surface area contributed by atoms with E-state index in [1.807, 2.05) is 16.7 Å². The number of thioether (sulfide) groups is 2. The second-order valence-electron chi connectivity index (χ2n) is 7.57. The summed E-state index contributed by atoms with van der Waals surface area (Å²) in [7, 11) is 0. The van der Waals surface area contributed by atoms with Crippen LogP contribution in [0.3, 0.4) is 0 Å². The fraction of sp³-hybridized carbons (Fsp3) is 0.350. The first-order chi connectivity index (χ1) is 13.9. The average Bonchev–Trinajstić information content (AvgIpc) is 3.26. The van der Waals surface area contributed by atoms with Crippen molar-refractivity contribution in [2.45, 2.75) is 48.5 Å². The zero-order valence-corrected chi connectivity index (χ0v) is 18.7. The van der Waals surface area contributed by atoms with E-state index in [0.29, 0.717) is 12.4 Å². The molecule has 4 aromatic rings. The maximum absolute atomic E-state index is 13.5. The van der Waals surface area contributed by atoms with Gasteiger partial charge in [0.15, 0.2) is 16.0 Å². The maximum atomic E-state index is 13.5. The van der Waals surface area contributed by atoms with E-state index in [4.69, 9.17) is 9.72 Å². The zero-order valence-electron chi connectivity index (χ0n) is 16.2. The smallest absolute Gasteiger partial charge is 0.198 e. The van der Waals surface area contributed by atoms with Gasteiger partial charge in [-0.1, -0.05) is 35.7 Å². The third-order valence-electron chi connectivity index (χ3n) is 4.95. The van der Waals surface area contributed by atoms with Crippen LogP contribution in [0.2, 0.25) is 0 Å². The van der Waals surface area contributed by atoms with Crippen molar-refractivity contribution in [3.8, 4) is 0 Å². The average molecular weight is 447 g/mol. The first kappa shape index (κ1) is 19.3. The number of fused-ring (bicyclic) bond motifs is 5.